The lowest BCUT2D eigenvalue weighted by Crippen LogP contribution is -2.40. The molecule has 0 aromatic carbocycles. The highest BCUT2D eigenvalue weighted by molar-refractivity contribution is 4.82. The molecule has 1 N–H and O–H groups in total. The van der Waals surface area contributed by atoms with Crippen LogP contribution in [0.3, 0.4) is 0 Å². The maximum absolute atomic E-state index is 3.72. The van der Waals surface area contributed by atoms with Gasteiger partial charge in [0.1, 0.15) is 0 Å². The molecule has 0 bridgehead atoms. The quantitative estimate of drug-likeness (QED) is 0.749. The third kappa shape index (κ3) is 4.84. The zero-order chi connectivity index (χ0) is 12.0. The summed E-state index contributed by atoms with van der Waals surface area (Å²) in [4.78, 5) is 2.49. The fraction of sp³-hybridized carbons (Fsp3) is 1.00. The summed E-state index contributed by atoms with van der Waals surface area (Å²) in [6.07, 6.45) is 5.50. The number of hydrogen-bond donors (Lipinski definition) is 1. The fourth-order valence-electron chi connectivity index (χ4n) is 2.57. The summed E-state index contributed by atoms with van der Waals surface area (Å²) in [7, 11) is 0. The largest absolute Gasteiger partial charge is 0.313 e. The van der Waals surface area contributed by atoms with Crippen LogP contribution in [0.2, 0.25) is 0 Å². The molecule has 0 aromatic rings. The lowest BCUT2D eigenvalue weighted by molar-refractivity contribution is 0.201. The average Bonchev–Trinajstić information content (AvgIpc) is 2.26. The molecule has 1 rings (SSSR count). The monoisotopic (exact) mass is 226 g/mol. The van der Waals surface area contributed by atoms with E-state index >= 15 is 0 Å². The maximum atomic E-state index is 3.72. The van der Waals surface area contributed by atoms with E-state index in [2.05, 4.69) is 37.9 Å². The second-order valence-corrected chi connectivity index (χ2v) is 5.92. The van der Waals surface area contributed by atoms with Crippen LogP contribution in [0.15, 0.2) is 0 Å². The van der Waals surface area contributed by atoms with Crippen LogP contribution in [0.5, 0.6) is 0 Å². The van der Waals surface area contributed by atoms with E-state index in [0.717, 1.165) is 12.6 Å². The van der Waals surface area contributed by atoms with Gasteiger partial charge < -0.3 is 10.2 Å². The summed E-state index contributed by atoms with van der Waals surface area (Å²) in [5, 5.41) is 3.72. The zero-order valence-corrected chi connectivity index (χ0v) is 11.7. The Hall–Kier alpha value is -0.0800. The second-order valence-electron chi connectivity index (χ2n) is 5.92. The van der Waals surface area contributed by atoms with Gasteiger partial charge in [0.15, 0.2) is 0 Å². The van der Waals surface area contributed by atoms with Gasteiger partial charge in [-0.2, -0.15) is 0 Å². The van der Waals surface area contributed by atoms with E-state index < -0.39 is 0 Å². The smallest absolute Gasteiger partial charge is 0.0107 e. The maximum Gasteiger partial charge on any atom is 0.0107 e. The van der Waals surface area contributed by atoms with Gasteiger partial charge in [0.05, 0.1) is 0 Å². The Balaban J connectivity index is 2.10. The fourth-order valence-corrected chi connectivity index (χ4v) is 2.57. The Kier molecular flexibility index (Phi) is 5.77. The molecule has 0 radical (unpaired) electrons. The second kappa shape index (κ2) is 6.61. The van der Waals surface area contributed by atoms with Crippen LogP contribution in [-0.2, 0) is 0 Å². The van der Waals surface area contributed by atoms with Crippen molar-refractivity contribution in [1.29, 1.82) is 0 Å². The first-order chi connectivity index (χ1) is 7.57. The lowest BCUT2D eigenvalue weighted by atomic mass is 9.75. The highest BCUT2D eigenvalue weighted by Crippen LogP contribution is 2.34. The predicted octanol–water partition coefficient (Wildman–Crippen LogP) is 2.89. The van der Waals surface area contributed by atoms with Gasteiger partial charge in [0, 0.05) is 19.1 Å². The molecule has 0 aromatic heterocycles. The summed E-state index contributed by atoms with van der Waals surface area (Å²) in [6, 6.07) is 0.781. The molecule has 96 valence electrons. The molecule has 0 amide bonds. The molecule has 0 atom stereocenters. The van der Waals surface area contributed by atoms with Gasteiger partial charge in [-0.25, -0.2) is 0 Å². The van der Waals surface area contributed by atoms with Crippen molar-refractivity contribution >= 4 is 0 Å². The van der Waals surface area contributed by atoms with Crippen molar-refractivity contribution in [1.82, 2.24) is 10.2 Å². The predicted molar refractivity (Wildman–Crippen MR) is 71.8 cm³/mol. The van der Waals surface area contributed by atoms with E-state index in [1.807, 2.05) is 0 Å². The Morgan fingerprint density at radius 2 is 1.69 bits per heavy atom. The molecule has 0 heterocycles. The Labute approximate surface area is 102 Å². The van der Waals surface area contributed by atoms with Gasteiger partial charge in [-0.05, 0) is 44.2 Å². The van der Waals surface area contributed by atoms with Crippen LogP contribution in [-0.4, -0.2) is 37.1 Å². The van der Waals surface area contributed by atoms with Crippen LogP contribution in [0, 0.1) is 5.41 Å². The number of nitrogens with one attached hydrogen (secondary N) is 1. The molecular formula is C14H30N2. The summed E-state index contributed by atoms with van der Waals surface area (Å²) < 4.78 is 0. The standard InChI is InChI=1S/C14H30N2/c1-5-16(6-2)12-11-15-13-7-9-14(3,4)10-8-13/h13,15H,5-12H2,1-4H3. The highest BCUT2D eigenvalue weighted by atomic mass is 15.1. The molecule has 1 fully saturated rings. The van der Waals surface area contributed by atoms with E-state index in [0.29, 0.717) is 5.41 Å². The Morgan fingerprint density at radius 3 is 2.19 bits per heavy atom. The van der Waals surface area contributed by atoms with E-state index in [-0.39, 0.29) is 0 Å². The van der Waals surface area contributed by atoms with Crippen LogP contribution < -0.4 is 5.32 Å². The normalized spacial score (nSPS) is 21.6. The van der Waals surface area contributed by atoms with Crippen molar-refractivity contribution in [3.05, 3.63) is 0 Å². The van der Waals surface area contributed by atoms with E-state index in [1.54, 1.807) is 0 Å². The first kappa shape index (κ1) is 14.0. The van der Waals surface area contributed by atoms with Gasteiger partial charge >= 0.3 is 0 Å². The molecule has 1 aliphatic carbocycles. The number of nitrogens with zero attached hydrogens (tertiary/aromatic N) is 1. The molecule has 0 saturated heterocycles. The van der Waals surface area contributed by atoms with Gasteiger partial charge in [0.25, 0.3) is 0 Å². The number of rotatable bonds is 6. The van der Waals surface area contributed by atoms with Crippen LogP contribution >= 0.6 is 0 Å². The van der Waals surface area contributed by atoms with Gasteiger partial charge in [0.2, 0.25) is 0 Å². The molecule has 0 aliphatic heterocycles. The molecule has 2 heteroatoms. The first-order valence-corrected chi connectivity index (χ1v) is 7.03. The summed E-state index contributed by atoms with van der Waals surface area (Å²) in [5.41, 5.74) is 0.594. The zero-order valence-electron chi connectivity index (χ0n) is 11.7. The summed E-state index contributed by atoms with van der Waals surface area (Å²) >= 11 is 0. The summed E-state index contributed by atoms with van der Waals surface area (Å²) in [5.74, 6) is 0. The minimum absolute atomic E-state index is 0.594. The SMILES string of the molecule is CCN(CC)CCNC1CCC(C)(C)CC1. The van der Waals surface area contributed by atoms with Gasteiger partial charge in [-0.3, -0.25) is 0 Å². The molecule has 2 nitrogen and oxygen atoms in total. The van der Waals surface area contributed by atoms with Crippen LogP contribution in [0.25, 0.3) is 0 Å². The van der Waals surface area contributed by atoms with Gasteiger partial charge in [-0.1, -0.05) is 27.7 Å². The van der Waals surface area contributed by atoms with Crippen molar-refractivity contribution < 1.29 is 0 Å². The molecule has 0 spiro atoms. The molecule has 1 aliphatic rings. The molecule has 1 saturated carbocycles. The lowest BCUT2D eigenvalue weighted by Gasteiger charge is -2.35. The Morgan fingerprint density at radius 1 is 1.12 bits per heavy atom. The van der Waals surface area contributed by atoms with Crippen molar-refractivity contribution in [2.45, 2.75) is 59.4 Å². The van der Waals surface area contributed by atoms with Gasteiger partial charge in [-0.15, -0.1) is 0 Å². The van der Waals surface area contributed by atoms with E-state index in [9.17, 15) is 0 Å². The number of hydrogen-bond acceptors (Lipinski definition) is 2. The Bertz CT molecular complexity index is 175. The van der Waals surface area contributed by atoms with E-state index in [1.165, 1.54) is 45.3 Å². The number of likely N-dealkylation sites (N-methyl/N-ethyl adjacent to an activating group) is 1. The average molecular weight is 226 g/mol. The van der Waals surface area contributed by atoms with E-state index in [4.69, 9.17) is 0 Å². The first-order valence-electron chi connectivity index (χ1n) is 7.03. The van der Waals surface area contributed by atoms with Crippen molar-refractivity contribution in [2.24, 2.45) is 5.41 Å². The third-order valence-corrected chi connectivity index (χ3v) is 4.09. The van der Waals surface area contributed by atoms with Crippen molar-refractivity contribution in [3.63, 3.8) is 0 Å². The minimum Gasteiger partial charge on any atom is -0.313 e. The molecule has 0 unspecified atom stereocenters. The topological polar surface area (TPSA) is 15.3 Å². The highest BCUT2D eigenvalue weighted by Gasteiger charge is 2.26. The minimum atomic E-state index is 0.594. The third-order valence-electron chi connectivity index (χ3n) is 4.09. The molecular weight excluding hydrogens is 196 g/mol. The van der Waals surface area contributed by atoms with Crippen molar-refractivity contribution in [2.75, 3.05) is 26.2 Å². The van der Waals surface area contributed by atoms with Crippen LogP contribution in [0.4, 0.5) is 0 Å². The van der Waals surface area contributed by atoms with Crippen LogP contribution in [0.1, 0.15) is 53.4 Å². The molecule has 16 heavy (non-hydrogen) atoms. The summed E-state index contributed by atoms with van der Waals surface area (Å²) in [6.45, 7) is 14.0. The van der Waals surface area contributed by atoms with Crippen molar-refractivity contribution in [3.8, 4) is 0 Å².